The van der Waals surface area contributed by atoms with E-state index in [1.807, 2.05) is 17.8 Å². The lowest BCUT2D eigenvalue weighted by molar-refractivity contribution is 0.964. The first-order valence-electron chi connectivity index (χ1n) is 6.47. The van der Waals surface area contributed by atoms with Crippen LogP contribution in [0.25, 0.3) is 0 Å². The van der Waals surface area contributed by atoms with Gasteiger partial charge >= 0.3 is 0 Å². The minimum absolute atomic E-state index is 0.514. The molecule has 19 heavy (non-hydrogen) atoms. The summed E-state index contributed by atoms with van der Waals surface area (Å²) in [5.41, 5.74) is 12.0. The molecule has 0 amide bonds. The van der Waals surface area contributed by atoms with Gasteiger partial charge in [-0.3, -0.25) is 4.98 Å². The molecule has 0 unspecified atom stereocenters. The highest BCUT2D eigenvalue weighted by Crippen LogP contribution is 2.20. The normalized spacial score (nSPS) is 10.7. The quantitative estimate of drug-likeness (QED) is 0.904. The van der Waals surface area contributed by atoms with Gasteiger partial charge < -0.3 is 5.73 Å². The number of hydrogen-bond donors (Lipinski definition) is 1. The van der Waals surface area contributed by atoms with E-state index in [-0.39, 0.29) is 0 Å². The lowest BCUT2D eigenvalue weighted by atomic mass is 10.1. The lowest BCUT2D eigenvalue weighted by Gasteiger charge is -2.07. The first-order chi connectivity index (χ1) is 9.19. The van der Waals surface area contributed by atoms with Crippen molar-refractivity contribution in [1.82, 2.24) is 4.98 Å². The molecule has 0 aliphatic heterocycles. The molecule has 1 aromatic heterocycles. The molecule has 1 heterocycles. The fraction of sp³-hybridized carbons (Fsp3) is 0.312. The van der Waals surface area contributed by atoms with Crippen molar-refractivity contribution in [2.24, 2.45) is 5.73 Å². The Morgan fingerprint density at radius 1 is 1.11 bits per heavy atom. The SMILES string of the molecule is Cc1cc(C)cc(CSCc2cccnc2CN)c1. The average molecular weight is 272 g/mol. The summed E-state index contributed by atoms with van der Waals surface area (Å²) in [6.07, 6.45) is 1.81. The second kappa shape index (κ2) is 6.73. The number of nitrogens with zero attached hydrogens (tertiary/aromatic N) is 1. The minimum Gasteiger partial charge on any atom is -0.325 e. The molecule has 2 N–H and O–H groups in total. The van der Waals surface area contributed by atoms with Gasteiger partial charge in [0.25, 0.3) is 0 Å². The van der Waals surface area contributed by atoms with Crippen LogP contribution in [0.5, 0.6) is 0 Å². The third-order valence-corrected chi connectivity index (χ3v) is 4.04. The summed E-state index contributed by atoms with van der Waals surface area (Å²) in [5, 5.41) is 0. The summed E-state index contributed by atoms with van der Waals surface area (Å²) >= 11 is 1.91. The van der Waals surface area contributed by atoms with Crippen molar-refractivity contribution in [1.29, 1.82) is 0 Å². The zero-order valence-corrected chi connectivity index (χ0v) is 12.3. The van der Waals surface area contributed by atoms with Crippen molar-refractivity contribution in [3.05, 3.63) is 64.5 Å². The van der Waals surface area contributed by atoms with E-state index in [1.54, 1.807) is 6.20 Å². The van der Waals surface area contributed by atoms with Crippen LogP contribution in [0.3, 0.4) is 0 Å². The predicted octanol–water partition coefficient (Wildman–Crippen LogP) is 3.59. The fourth-order valence-electron chi connectivity index (χ4n) is 2.22. The van der Waals surface area contributed by atoms with Gasteiger partial charge in [0, 0.05) is 24.2 Å². The average Bonchev–Trinajstić information content (AvgIpc) is 2.38. The molecule has 100 valence electrons. The summed E-state index contributed by atoms with van der Waals surface area (Å²) in [6, 6.07) is 10.8. The second-order valence-corrected chi connectivity index (χ2v) is 5.79. The van der Waals surface area contributed by atoms with E-state index in [9.17, 15) is 0 Å². The molecule has 0 fully saturated rings. The second-order valence-electron chi connectivity index (χ2n) is 4.80. The van der Waals surface area contributed by atoms with E-state index < -0.39 is 0 Å². The Labute approximate surface area is 119 Å². The molecular formula is C16H20N2S. The summed E-state index contributed by atoms with van der Waals surface area (Å²) < 4.78 is 0. The Kier molecular flexibility index (Phi) is 5.00. The Morgan fingerprint density at radius 2 is 1.84 bits per heavy atom. The topological polar surface area (TPSA) is 38.9 Å². The highest BCUT2D eigenvalue weighted by molar-refractivity contribution is 7.97. The monoisotopic (exact) mass is 272 g/mol. The van der Waals surface area contributed by atoms with Crippen molar-refractivity contribution < 1.29 is 0 Å². The van der Waals surface area contributed by atoms with Gasteiger partial charge in [0.05, 0.1) is 5.69 Å². The van der Waals surface area contributed by atoms with Gasteiger partial charge in [-0.15, -0.1) is 0 Å². The largest absolute Gasteiger partial charge is 0.325 e. The number of pyridine rings is 1. The molecule has 0 spiro atoms. The predicted molar refractivity (Wildman–Crippen MR) is 83.0 cm³/mol. The molecule has 0 atom stereocenters. The van der Waals surface area contributed by atoms with Crippen LogP contribution in [0.4, 0.5) is 0 Å². The zero-order valence-electron chi connectivity index (χ0n) is 11.5. The first kappa shape index (κ1) is 14.1. The molecule has 0 aliphatic carbocycles. The molecule has 0 saturated carbocycles. The van der Waals surface area contributed by atoms with Gasteiger partial charge in [0.1, 0.15) is 0 Å². The Balaban J connectivity index is 1.96. The number of benzene rings is 1. The lowest BCUT2D eigenvalue weighted by Crippen LogP contribution is -2.03. The third kappa shape index (κ3) is 4.08. The molecule has 0 aliphatic rings. The number of thioether (sulfide) groups is 1. The van der Waals surface area contributed by atoms with Crippen LogP contribution in [0.1, 0.15) is 27.9 Å². The summed E-state index contributed by atoms with van der Waals surface area (Å²) in [7, 11) is 0. The van der Waals surface area contributed by atoms with Crippen LogP contribution in [0.15, 0.2) is 36.5 Å². The number of hydrogen-bond acceptors (Lipinski definition) is 3. The number of aryl methyl sites for hydroxylation is 2. The van der Waals surface area contributed by atoms with Crippen LogP contribution < -0.4 is 5.73 Å². The van der Waals surface area contributed by atoms with E-state index in [2.05, 4.69) is 43.1 Å². The molecule has 0 radical (unpaired) electrons. The summed E-state index contributed by atoms with van der Waals surface area (Å²) in [4.78, 5) is 4.31. The van der Waals surface area contributed by atoms with Gasteiger partial charge in [0.15, 0.2) is 0 Å². The van der Waals surface area contributed by atoms with Gasteiger partial charge in [0.2, 0.25) is 0 Å². The number of aromatic nitrogens is 1. The van der Waals surface area contributed by atoms with Crippen LogP contribution >= 0.6 is 11.8 Å². The van der Waals surface area contributed by atoms with E-state index in [4.69, 9.17) is 5.73 Å². The van der Waals surface area contributed by atoms with Gasteiger partial charge in [-0.25, -0.2) is 0 Å². The molecular weight excluding hydrogens is 252 g/mol. The van der Waals surface area contributed by atoms with E-state index >= 15 is 0 Å². The number of nitrogens with two attached hydrogens (primary N) is 1. The molecule has 2 aromatic rings. The number of rotatable bonds is 5. The van der Waals surface area contributed by atoms with E-state index in [1.165, 1.54) is 22.3 Å². The Morgan fingerprint density at radius 3 is 2.53 bits per heavy atom. The fourth-order valence-corrected chi connectivity index (χ4v) is 3.20. The van der Waals surface area contributed by atoms with Crippen LogP contribution in [0.2, 0.25) is 0 Å². The standard InChI is InChI=1S/C16H20N2S/c1-12-6-13(2)8-14(7-12)10-19-11-15-4-3-5-18-16(15)9-17/h3-8H,9-11,17H2,1-2H3. The molecule has 2 nitrogen and oxygen atoms in total. The summed E-state index contributed by atoms with van der Waals surface area (Å²) in [5.74, 6) is 1.99. The van der Waals surface area contributed by atoms with Crippen LogP contribution in [-0.4, -0.2) is 4.98 Å². The minimum atomic E-state index is 0.514. The van der Waals surface area contributed by atoms with Crippen molar-refractivity contribution >= 4 is 11.8 Å². The van der Waals surface area contributed by atoms with Gasteiger partial charge in [-0.1, -0.05) is 35.4 Å². The van der Waals surface area contributed by atoms with E-state index in [0.29, 0.717) is 6.54 Å². The smallest absolute Gasteiger partial charge is 0.0579 e. The summed E-state index contributed by atoms with van der Waals surface area (Å²) in [6.45, 7) is 4.81. The van der Waals surface area contributed by atoms with Gasteiger partial charge in [-0.05, 0) is 31.0 Å². The molecule has 3 heteroatoms. The highest BCUT2D eigenvalue weighted by atomic mass is 32.2. The van der Waals surface area contributed by atoms with E-state index in [0.717, 1.165) is 17.2 Å². The molecule has 1 aromatic carbocycles. The molecule has 2 rings (SSSR count). The van der Waals surface area contributed by atoms with Crippen molar-refractivity contribution in [2.45, 2.75) is 31.9 Å². The zero-order chi connectivity index (χ0) is 13.7. The first-order valence-corrected chi connectivity index (χ1v) is 7.62. The Hall–Kier alpha value is -1.32. The third-order valence-electron chi connectivity index (χ3n) is 2.99. The maximum Gasteiger partial charge on any atom is 0.0579 e. The van der Waals surface area contributed by atoms with Crippen molar-refractivity contribution in [3.63, 3.8) is 0 Å². The van der Waals surface area contributed by atoms with Crippen molar-refractivity contribution in [2.75, 3.05) is 0 Å². The van der Waals surface area contributed by atoms with Gasteiger partial charge in [-0.2, -0.15) is 11.8 Å². The van der Waals surface area contributed by atoms with Crippen molar-refractivity contribution in [3.8, 4) is 0 Å². The maximum absolute atomic E-state index is 5.70. The highest BCUT2D eigenvalue weighted by Gasteiger charge is 2.02. The Bertz CT molecular complexity index is 532. The maximum atomic E-state index is 5.70. The molecule has 0 bridgehead atoms. The molecule has 0 saturated heterocycles. The van der Waals surface area contributed by atoms with Crippen LogP contribution in [-0.2, 0) is 18.1 Å². The van der Waals surface area contributed by atoms with Crippen LogP contribution in [0, 0.1) is 13.8 Å².